The molecule has 0 aliphatic carbocycles. The van der Waals surface area contributed by atoms with Gasteiger partial charge in [0.25, 0.3) is 0 Å². The van der Waals surface area contributed by atoms with E-state index >= 15 is 0 Å². The maximum atomic E-state index is 10.6. The molecule has 0 aromatic heterocycles. The van der Waals surface area contributed by atoms with Crippen molar-refractivity contribution in [3.05, 3.63) is 0 Å². The number of aliphatic carboxylic acids is 1. The summed E-state index contributed by atoms with van der Waals surface area (Å²) in [6.45, 7) is 0. The molecule has 6 heteroatoms. The summed E-state index contributed by atoms with van der Waals surface area (Å²) in [4.78, 5) is 10.1. The highest BCUT2D eigenvalue weighted by Gasteiger charge is 2.17. The van der Waals surface area contributed by atoms with Gasteiger partial charge in [0.15, 0.2) is 5.88 Å². The van der Waals surface area contributed by atoms with Gasteiger partial charge < -0.3 is 15.4 Å². The molecular weight excluding hydrogens is 156 g/mol. The smallest absolute Gasteiger partial charge is 0.325 e. The van der Waals surface area contributed by atoms with Crippen LogP contribution < -0.4 is 11.5 Å². The van der Waals surface area contributed by atoms with Crippen LogP contribution in [0.15, 0.2) is 0 Å². The van der Waals surface area contributed by atoms with Crippen LogP contribution >= 0.6 is 0 Å². The average Bonchev–Trinajstić information content (AvgIpc) is 1.87. The van der Waals surface area contributed by atoms with E-state index in [1.54, 1.807) is 0 Å². The van der Waals surface area contributed by atoms with Crippen molar-refractivity contribution >= 4 is 17.1 Å². The molecule has 0 amide bonds. The number of carboxylic acid groups (broad SMARTS) is 1. The van der Waals surface area contributed by atoms with Crippen LogP contribution in [-0.4, -0.2) is 33.3 Å². The van der Waals surface area contributed by atoms with Crippen molar-refractivity contribution in [1.82, 2.24) is 0 Å². The number of carbonyl (C=O) groups is 1. The van der Waals surface area contributed by atoms with Gasteiger partial charge in [0.05, 0.1) is 0 Å². The highest BCUT2D eigenvalue weighted by molar-refractivity contribution is 7.91. The Morgan fingerprint density at radius 2 is 2.30 bits per heavy atom. The molecule has 0 aromatic carbocycles. The highest BCUT2D eigenvalue weighted by Crippen LogP contribution is 1.89. The monoisotopic (exact) mass is 166 g/mol. The lowest BCUT2D eigenvalue weighted by molar-refractivity contribution is -0.137. The summed E-state index contributed by atoms with van der Waals surface area (Å²) in [5, 5.41) is 8.23. The molecule has 0 heterocycles. The number of hydrogen-bond donors (Lipinski definition) is 3. The number of carboxylic acids is 1. The molecule has 5 N–H and O–H groups in total. The van der Waals surface area contributed by atoms with E-state index in [1.165, 1.54) is 0 Å². The van der Waals surface area contributed by atoms with Crippen LogP contribution in [0.4, 0.5) is 0 Å². The van der Waals surface area contributed by atoms with Gasteiger partial charge in [-0.25, -0.2) is 0 Å². The van der Waals surface area contributed by atoms with Gasteiger partial charge in [0, 0.05) is 0 Å². The standard InChI is InChI=1S/C4H10N2O3S/c5-2-10(9)1-3(6)4(7)8/h3H,1-2,5-6H2,(H,7,8). The van der Waals surface area contributed by atoms with Crippen molar-refractivity contribution < 1.29 is 14.5 Å². The van der Waals surface area contributed by atoms with Gasteiger partial charge in [-0.1, -0.05) is 0 Å². The second-order valence-corrected chi connectivity index (χ2v) is 3.26. The van der Waals surface area contributed by atoms with Crippen molar-refractivity contribution in [2.75, 3.05) is 11.6 Å². The van der Waals surface area contributed by atoms with E-state index in [0.717, 1.165) is 0 Å². The molecule has 0 rings (SSSR count). The first-order chi connectivity index (χ1) is 4.57. The van der Waals surface area contributed by atoms with Crippen LogP contribution in [0, 0.1) is 0 Å². The molecule has 2 unspecified atom stereocenters. The second-order valence-electron chi connectivity index (χ2n) is 1.72. The first kappa shape index (κ1) is 9.70. The quantitative estimate of drug-likeness (QED) is 0.421. The molecule has 0 aliphatic heterocycles. The average molecular weight is 166 g/mol. The Morgan fingerprint density at radius 1 is 1.80 bits per heavy atom. The fraction of sp³-hybridized carbons (Fsp3) is 0.750. The summed E-state index contributed by atoms with van der Waals surface area (Å²) in [5.74, 6) is -1.27. The summed E-state index contributed by atoms with van der Waals surface area (Å²) in [6.07, 6.45) is 0. The Balaban J connectivity index is 3.56. The number of rotatable bonds is 4. The highest BCUT2D eigenvalue weighted by atomic mass is 32.2. The topological polar surface area (TPSA) is 112 Å². The van der Waals surface area contributed by atoms with Crippen LogP contribution in [0.1, 0.15) is 0 Å². The van der Waals surface area contributed by atoms with Crippen LogP contribution in [0.25, 0.3) is 0 Å². The fourth-order valence-corrected chi connectivity index (χ4v) is 1.02. The minimum Gasteiger partial charge on any atom is -0.615 e. The lowest BCUT2D eigenvalue weighted by Gasteiger charge is -2.10. The molecule has 0 fully saturated rings. The van der Waals surface area contributed by atoms with Crippen molar-refractivity contribution in [1.29, 1.82) is 0 Å². The summed E-state index contributed by atoms with van der Waals surface area (Å²) in [7, 11) is 0. The molecule has 0 spiro atoms. The Bertz CT molecular complexity index is 121. The van der Waals surface area contributed by atoms with Gasteiger partial charge in [-0.2, -0.15) is 0 Å². The third kappa shape index (κ3) is 3.67. The van der Waals surface area contributed by atoms with Gasteiger partial charge in [-0.15, -0.1) is 0 Å². The molecule has 0 radical (unpaired) electrons. The summed E-state index contributed by atoms with van der Waals surface area (Å²) in [6, 6.07) is -1.07. The lowest BCUT2D eigenvalue weighted by atomic mass is 10.4. The minimum atomic E-state index is -1.31. The Morgan fingerprint density at radius 3 is 2.60 bits per heavy atom. The summed E-state index contributed by atoms with van der Waals surface area (Å²) in [5.41, 5.74) is 10.0. The molecule has 60 valence electrons. The van der Waals surface area contributed by atoms with Gasteiger partial charge in [0.1, 0.15) is 11.8 Å². The van der Waals surface area contributed by atoms with Crippen LogP contribution in [0.3, 0.4) is 0 Å². The predicted octanol–water partition coefficient (Wildman–Crippen LogP) is -1.94. The van der Waals surface area contributed by atoms with Crippen molar-refractivity contribution in [3.8, 4) is 0 Å². The molecule has 0 saturated heterocycles. The van der Waals surface area contributed by atoms with Crippen molar-refractivity contribution in [3.63, 3.8) is 0 Å². The van der Waals surface area contributed by atoms with E-state index in [9.17, 15) is 9.35 Å². The zero-order valence-electron chi connectivity index (χ0n) is 5.32. The fourth-order valence-electron chi connectivity index (χ4n) is 0.340. The molecule has 2 atom stereocenters. The first-order valence-electron chi connectivity index (χ1n) is 2.61. The zero-order chi connectivity index (χ0) is 8.15. The van der Waals surface area contributed by atoms with Crippen LogP contribution in [0.2, 0.25) is 0 Å². The van der Waals surface area contributed by atoms with Gasteiger partial charge in [0.2, 0.25) is 0 Å². The molecule has 0 aromatic rings. The van der Waals surface area contributed by atoms with E-state index in [-0.39, 0.29) is 11.6 Å². The van der Waals surface area contributed by atoms with E-state index in [4.69, 9.17) is 16.6 Å². The third-order valence-corrected chi connectivity index (χ3v) is 1.97. The maximum absolute atomic E-state index is 10.6. The predicted molar refractivity (Wildman–Crippen MR) is 37.7 cm³/mol. The van der Waals surface area contributed by atoms with Gasteiger partial charge in [-0.3, -0.25) is 10.5 Å². The molecule has 5 nitrogen and oxygen atoms in total. The summed E-state index contributed by atoms with van der Waals surface area (Å²) < 4.78 is 10.6. The largest absolute Gasteiger partial charge is 0.615 e. The lowest BCUT2D eigenvalue weighted by Crippen LogP contribution is -2.38. The Hall–Kier alpha value is -0.300. The molecule has 0 bridgehead atoms. The SMILES string of the molecule is NC[S+]([O-])CC(N)C(=O)O. The third-order valence-electron chi connectivity index (χ3n) is 0.869. The van der Waals surface area contributed by atoms with Crippen molar-refractivity contribution in [2.24, 2.45) is 11.5 Å². The second kappa shape index (κ2) is 4.51. The van der Waals surface area contributed by atoms with Crippen LogP contribution in [-0.2, 0) is 16.0 Å². The van der Waals surface area contributed by atoms with Crippen molar-refractivity contribution in [2.45, 2.75) is 6.04 Å². The van der Waals surface area contributed by atoms with E-state index in [2.05, 4.69) is 0 Å². The zero-order valence-corrected chi connectivity index (χ0v) is 6.13. The van der Waals surface area contributed by atoms with Gasteiger partial charge in [-0.05, 0) is 11.2 Å². The van der Waals surface area contributed by atoms with E-state index in [0.29, 0.717) is 0 Å². The number of nitrogens with two attached hydrogens (primary N) is 2. The molecule has 10 heavy (non-hydrogen) atoms. The Kier molecular flexibility index (Phi) is 4.37. The van der Waals surface area contributed by atoms with E-state index < -0.39 is 23.2 Å². The van der Waals surface area contributed by atoms with E-state index in [1.807, 2.05) is 0 Å². The number of hydrogen-bond acceptors (Lipinski definition) is 4. The normalized spacial score (nSPS) is 16.3. The molecule has 0 aliphatic rings. The molecule has 0 saturated carbocycles. The molecular formula is C4H10N2O3S. The summed E-state index contributed by atoms with van der Waals surface area (Å²) >= 11 is -1.31. The Labute approximate surface area is 61.6 Å². The first-order valence-corrected chi connectivity index (χ1v) is 4.10. The minimum absolute atomic E-state index is 0.0407. The maximum Gasteiger partial charge on any atom is 0.325 e. The van der Waals surface area contributed by atoms with Gasteiger partial charge >= 0.3 is 5.97 Å². The van der Waals surface area contributed by atoms with Crippen LogP contribution in [0.5, 0.6) is 0 Å².